The smallest absolute Gasteiger partial charge is 0.191 e. The normalized spacial score (nSPS) is 16.1. The van der Waals surface area contributed by atoms with Gasteiger partial charge in [0, 0.05) is 39.3 Å². The molecule has 1 heterocycles. The van der Waals surface area contributed by atoms with Gasteiger partial charge in [-0.3, -0.25) is 9.89 Å². The molecule has 0 saturated carbocycles. The Morgan fingerprint density at radius 3 is 2.48 bits per heavy atom. The van der Waals surface area contributed by atoms with E-state index in [1.54, 1.807) is 7.05 Å². The van der Waals surface area contributed by atoms with Gasteiger partial charge in [-0.1, -0.05) is 24.3 Å². The monoisotopic (exact) mass is 432 g/mol. The summed E-state index contributed by atoms with van der Waals surface area (Å²) in [6.07, 6.45) is 0. The van der Waals surface area contributed by atoms with Crippen LogP contribution in [-0.4, -0.2) is 50.3 Å². The summed E-state index contributed by atoms with van der Waals surface area (Å²) in [5, 5.41) is 6.70. The van der Waals surface area contributed by atoms with Crippen LogP contribution in [0, 0.1) is 0 Å². The van der Waals surface area contributed by atoms with Crippen molar-refractivity contribution in [1.29, 1.82) is 0 Å². The van der Waals surface area contributed by atoms with Gasteiger partial charge in [0.2, 0.25) is 0 Å². The molecular weight excluding hydrogens is 403 g/mol. The molecule has 2 rings (SSSR count). The molecule has 1 aliphatic rings. The number of benzene rings is 1. The number of hydrogen-bond donors (Lipinski definition) is 2. The Hall–Kier alpha value is -0.860. The highest BCUT2D eigenvalue weighted by atomic mass is 127. The molecule has 0 atom stereocenters. The zero-order valence-electron chi connectivity index (χ0n) is 14.3. The van der Waals surface area contributed by atoms with Gasteiger partial charge in [0.1, 0.15) is 0 Å². The SMILES string of the molecule is CN=C(NCc1ccccc1CN1CCOCC1)NC(C)C.I. The molecule has 2 N–H and O–H groups in total. The van der Waals surface area contributed by atoms with Crippen LogP contribution in [0.15, 0.2) is 29.3 Å². The first-order valence-corrected chi connectivity index (χ1v) is 8.03. The molecule has 0 spiro atoms. The van der Waals surface area contributed by atoms with Crippen LogP contribution in [0.3, 0.4) is 0 Å². The maximum Gasteiger partial charge on any atom is 0.191 e. The molecule has 0 aromatic heterocycles. The van der Waals surface area contributed by atoms with Crippen LogP contribution >= 0.6 is 24.0 Å². The Morgan fingerprint density at radius 2 is 1.87 bits per heavy atom. The van der Waals surface area contributed by atoms with Gasteiger partial charge >= 0.3 is 0 Å². The molecule has 1 aromatic carbocycles. The molecule has 0 radical (unpaired) electrons. The highest BCUT2D eigenvalue weighted by Gasteiger charge is 2.12. The third-order valence-electron chi connectivity index (χ3n) is 3.71. The van der Waals surface area contributed by atoms with Gasteiger partial charge in [0.25, 0.3) is 0 Å². The maximum atomic E-state index is 5.42. The fraction of sp³-hybridized carbons (Fsp3) is 0.588. The highest BCUT2D eigenvalue weighted by Crippen LogP contribution is 2.12. The van der Waals surface area contributed by atoms with Crippen molar-refractivity contribution in [3.05, 3.63) is 35.4 Å². The second-order valence-corrected chi connectivity index (χ2v) is 5.88. The number of aliphatic imine (C=N–C) groups is 1. The van der Waals surface area contributed by atoms with E-state index >= 15 is 0 Å². The summed E-state index contributed by atoms with van der Waals surface area (Å²) in [5.41, 5.74) is 2.69. The predicted octanol–water partition coefficient (Wildman–Crippen LogP) is 2.21. The summed E-state index contributed by atoms with van der Waals surface area (Å²) in [4.78, 5) is 6.70. The van der Waals surface area contributed by atoms with E-state index in [4.69, 9.17) is 4.74 Å². The molecule has 0 aliphatic carbocycles. The van der Waals surface area contributed by atoms with E-state index in [1.165, 1.54) is 11.1 Å². The molecule has 1 fully saturated rings. The van der Waals surface area contributed by atoms with Crippen molar-refractivity contribution in [2.45, 2.75) is 33.0 Å². The van der Waals surface area contributed by atoms with Crippen LogP contribution in [0.25, 0.3) is 0 Å². The third kappa shape index (κ3) is 7.05. The first-order valence-electron chi connectivity index (χ1n) is 8.03. The quantitative estimate of drug-likeness (QED) is 0.426. The maximum absolute atomic E-state index is 5.42. The number of halogens is 1. The lowest BCUT2D eigenvalue weighted by molar-refractivity contribution is 0.0341. The third-order valence-corrected chi connectivity index (χ3v) is 3.71. The van der Waals surface area contributed by atoms with Crippen LogP contribution in [0.2, 0.25) is 0 Å². The molecule has 5 nitrogen and oxygen atoms in total. The van der Waals surface area contributed by atoms with Crippen LogP contribution < -0.4 is 10.6 Å². The van der Waals surface area contributed by atoms with E-state index in [-0.39, 0.29) is 24.0 Å². The summed E-state index contributed by atoms with van der Waals surface area (Å²) in [6, 6.07) is 8.98. The van der Waals surface area contributed by atoms with Gasteiger partial charge in [-0.25, -0.2) is 0 Å². The van der Waals surface area contributed by atoms with Crippen molar-refractivity contribution < 1.29 is 4.74 Å². The molecule has 1 saturated heterocycles. The average molecular weight is 432 g/mol. The second-order valence-electron chi connectivity index (χ2n) is 5.88. The summed E-state index contributed by atoms with van der Waals surface area (Å²) in [6.45, 7) is 9.69. The zero-order chi connectivity index (χ0) is 15.8. The molecular formula is C17H29IN4O. The van der Waals surface area contributed by atoms with Crippen LogP contribution in [0.5, 0.6) is 0 Å². The number of nitrogens with one attached hydrogen (secondary N) is 2. The van der Waals surface area contributed by atoms with Crippen molar-refractivity contribution in [3.63, 3.8) is 0 Å². The van der Waals surface area contributed by atoms with Gasteiger partial charge in [-0.2, -0.15) is 0 Å². The lowest BCUT2D eigenvalue weighted by Gasteiger charge is -2.27. The summed E-state index contributed by atoms with van der Waals surface area (Å²) < 4.78 is 5.42. The molecule has 23 heavy (non-hydrogen) atoms. The molecule has 0 amide bonds. The predicted molar refractivity (Wildman–Crippen MR) is 106 cm³/mol. The first kappa shape index (κ1) is 20.2. The number of guanidine groups is 1. The largest absolute Gasteiger partial charge is 0.379 e. The lowest BCUT2D eigenvalue weighted by atomic mass is 10.1. The molecule has 6 heteroatoms. The lowest BCUT2D eigenvalue weighted by Crippen LogP contribution is -2.41. The average Bonchev–Trinajstić information content (AvgIpc) is 2.53. The van der Waals surface area contributed by atoms with Crippen molar-refractivity contribution in [3.8, 4) is 0 Å². The number of ether oxygens (including phenoxy) is 1. The van der Waals surface area contributed by atoms with E-state index in [9.17, 15) is 0 Å². The van der Waals surface area contributed by atoms with Gasteiger partial charge in [0.15, 0.2) is 5.96 Å². The van der Waals surface area contributed by atoms with E-state index in [2.05, 4.69) is 58.6 Å². The molecule has 1 aliphatic heterocycles. The van der Waals surface area contributed by atoms with E-state index in [0.717, 1.165) is 45.4 Å². The van der Waals surface area contributed by atoms with Crippen molar-refractivity contribution in [2.75, 3.05) is 33.4 Å². The summed E-state index contributed by atoms with van der Waals surface area (Å²) in [5.74, 6) is 0.844. The number of rotatable bonds is 5. The zero-order valence-corrected chi connectivity index (χ0v) is 16.7. The standard InChI is InChI=1S/C17H28N4O.HI/c1-14(2)20-17(18-3)19-12-15-6-4-5-7-16(15)13-21-8-10-22-11-9-21;/h4-7,14H,8-13H2,1-3H3,(H2,18,19,20);1H. The molecule has 0 bridgehead atoms. The van der Waals surface area contributed by atoms with Gasteiger partial charge in [-0.15, -0.1) is 24.0 Å². The Balaban J connectivity index is 0.00000264. The fourth-order valence-electron chi connectivity index (χ4n) is 2.53. The number of morpholine rings is 1. The van der Waals surface area contributed by atoms with Crippen molar-refractivity contribution in [1.82, 2.24) is 15.5 Å². The Kier molecular flexibility index (Phi) is 9.50. The second kappa shape index (κ2) is 10.8. The summed E-state index contributed by atoms with van der Waals surface area (Å²) >= 11 is 0. The fourth-order valence-corrected chi connectivity index (χ4v) is 2.53. The minimum absolute atomic E-state index is 0. The van der Waals surface area contributed by atoms with Gasteiger partial charge in [0.05, 0.1) is 13.2 Å². The van der Waals surface area contributed by atoms with Crippen molar-refractivity contribution >= 4 is 29.9 Å². The minimum atomic E-state index is 0. The van der Waals surface area contributed by atoms with Crippen molar-refractivity contribution in [2.24, 2.45) is 4.99 Å². The Bertz CT molecular complexity index is 487. The van der Waals surface area contributed by atoms with Gasteiger partial charge < -0.3 is 15.4 Å². The van der Waals surface area contributed by atoms with E-state index < -0.39 is 0 Å². The number of hydrogen-bond acceptors (Lipinski definition) is 3. The Labute approximate surface area is 156 Å². The minimum Gasteiger partial charge on any atom is -0.379 e. The highest BCUT2D eigenvalue weighted by molar-refractivity contribution is 14.0. The molecule has 1 aromatic rings. The first-order chi connectivity index (χ1) is 10.7. The van der Waals surface area contributed by atoms with E-state index in [0.29, 0.717) is 6.04 Å². The van der Waals surface area contributed by atoms with E-state index in [1.807, 2.05) is 0 Å². The van der Waals surface area contributed by atoms with Gasteiger partial charge in [-0.05, 0) is 25.0 Å². The van der Waals surface area contributed by atoms with Crippen LogP contribution in [-0.2, 0) is 17.8 Å². The molecule has 130 valence electrons. The molecule has 0 unspecified atom stereocenters. The van der Waals surface area contributed by atoms with Crippen LogP contribution in [0.1, 0.15) is 25.0 Å². The summed E-state index contributed by atoms with van der Waals surface area (Å²) in [7, 11) is 1.80. The number of nitrogens with zero attached hydrogens (tertiary/aromatic N) is 2. The Morgan fingerprint density at radius 1 is 1.22 bits per heavy atom. The topological polar surface area (TPSA) is 48.9 Å². The van der Waals surface area contributed by atoms with Crippen LogP contribution in [0.4, 0.5) is 0 Å².